The van der Waals surface area contributed by atoms with E-state index in [0.29, 0.717) is 43.0 Å². The highest BCUT2D eigenvalue weighted by atomic mass is 16.6. The van der Waals surface area contributed by atoms with Crippen LogP contribution in [-0.4, -0.2) is 72.1 Å². The molecule has 2 aliphatic rings. The summed E-state index contributed by atoms with van der Waals surface area (Å²) < 4.78 is 10.8. The minimum Gasteiger partial charge on any atom is -0.493 e. The number of rotatable bonds is 7. The molecule has 1 saturated heterocycles. The first-order valence-corrected chi connectivity index (χ1v) is 11.8. The molecule has 10 heteroatoms. The molecule has 1 fully saturated rings. The number of nitro groups is 1. The van der Waals surface area contributed by atoms with E-state index >= 15 is 0 Å². The lowest BCUT2D eigenvalue weighted by atomic mass is 9.78. The predicted molar refractivity (Wildman–Crippen MR) is 134 cm³/mol. The van der Waals surface area contributed by atoms with Gasteiger partial charge in [0.15, 0.2) is 11.5 Å². The molecule has 0 spiro atoms. The molecule has 0 radical (unpaired) electrons. The molecule has 4 rings (SSSR count). The molecule has 1 atom stereocenters. The zero-order valence-corrected chi connectivity index (χ0v) is 20.8. The van der Waals surface area contributed by atoms with Gasteiger partial charge in [-0.05, 0) is 43.2 Å². The second-order valence-electron chi connectivity index (χ2n) is 9.53. The first-order chi connectivity index (χ1) is 17.2. The lowest BCUT2D eigenvalue weighted by Gasteiger charge is -2.39. The Morgan fingerprint density at radius 3 is 2.28 bits per heavy atom. The number of piperidine rings is 1. The van der Waals surface area contributed by atoms with Crippen LogP contribution in [-0.2, 0) is 4.79 Å². The van der Waals surface area contributed by atoms with Gasteiger partial charge >= 0.3 is 0 Å². The van der Waals surface area contributed by atoms with Gasteiger partial charge in [0, 0.05) is 41.8 Å². The number of carbonyl (C=O) groups excluding carboxylic acids is 2. The van der Waals surface area contributed by atoms with Crippen LogP contribution in [0.15, 0.2) is 47.6 Å². The van der Waals surface area contributed by atoms with Gasteiger partial charge in [0.2, 0.25) is 0 Å². The highest BCUT2D eigenvalue weighted by Crippen LogP contribution is 2.40. The van der Waals surface area contributed by atoms with Crippen LogP contribution >= 0.6 is 0 Å². The van der Waals surface area contributed by atoms with Gasteiger partial charge in [0.05, 0.1) is 30.9 Å². The van der Waals surface area contributed by atoms with E-state index in [1.165, 1.54) is 24.3 Å². The summed E-state index contributed by atoms with van der Waals surface area (Å²) in [5.74, 6) is 1.05. The van der Waals surface area contributed by atoms with Gasteiger partial charge in [-0.15, -0.1) is 0 Å². The Morgan fingerprint density at radius 1 is 1.08 bits per heavy atom. The van der Waals surface area contributed by atoms with Crippen molar-refractivity contribution in [2.24, 2.45) is 10.5 Å². The van der Waals surface area contributed by atoms with Crippen molar-refractivity contribution in [3.63, 3.8) is 0 Å². The Kier molecular flexibility index (Phi) is 6.96. The fourth-order valence-electron chi connectivity index (χ4n) is 4.97. The van der Waals surface area contributed by atoms with Crippen molar-refractivity contribution >= 4 is 23.6 Å². The molecule has 36 heavy (non-hydrogen) atoms. The fourth-order valence-corrected chi connectivity index (χ4v) is 4.97. The molecule has 1 unspecified atom stereocenters. The average molecular weight is 495 g/mol. The number of amides is 1. The number of hydrogen-bond acceptors (Lipinski definition) is 8. The first-order valence-electron chi connectivity index (χ1n) is 11.8. The number of carbonyl (C=O) groups is 2. The van der Waals surface area contributed by atoms with Crippen molar-refractivity contribution in [2.75, 3.05) is 27.3 Å². The molecule has 0 aromatic heterocycles. The Balaban J connectivity index is 1.51. The third kappa shape index (κ3) is 4.50. The zero-order valence-electron chi connectivity index (χ0n) is 20.8. The Bertz CT molecular complexity index is 1190. The predicted octanol–water partition coefficient (Wildman–Crippen LogP) is 3.53. The second-order valence-corrected chi connectivity index (χ2v) is 9.53. The number of nitro benzene ring substituents is 1. The Hall–Kier alpha value is -3.95. The fraction of sp³-hybridized carbons (Fsp3) is 0.423. The summed E-state index contributed by atoms with van der Waals surface area (Å²) >= 11 is 0. The lowest BCUT2D eigenvalue weighted by molar-refractivity contribution is -0.384. The number of ether oxygens (including phenoxy) is 2. The van der Waals surface area contributed by atoms with Gasteiger partial charge < -0.3 is 19.2 Å². The second kappa shape index (κ2) is 9.96. The monoisotopic (exact) mass is 494 g/mol. The summed E-state index contributed by atoms with van der Waals surface area (Å²) in [5, 5.41) is 17.7. The van der Waals surface area contributed by atoms with E-state index in [0.717, 1.165) is 17.6 Å². The van der Waals surface area contributed by atoms with Crippen molar-refractivity contribution in [1.29, 1.82) is 0 Å². The lowest BCUT2D eigenvalue weighted by Crippen LogP contribution is -2.50. The van der Waals surface area contributed by atoms with E-state index in [4.69, 9.17) is 14.6 Å². The number of benzene rings is 2. The normalized spacial score (nSPS) is 19.6. The summed E-state index contributed by atoms with van der Waals surface area (Å²) in [7, 11) is 3.16. The van der Waals surface area contributed by atoms with Crippen LogP contribution in [0.2, 0.25) is 0 Å². The Labute approximate surface area is 209 Å². The van der Waals surface area contributed by atoms with Crippen LogP contribution < -0.4 is 9.47 Å². The number of methoxy groups -OCH3 is 2. The molecule has 0 saturated carbocycles. The summed E-state index contributed by atoms with van der Waals surface area (Å²) in [6, 6.07) is 10.8. The number of hydrogen-bond donors (Lipinski definition) is 0. The third-order valence-electron chi connectivity index (χ3n) is 7.09. The molecular weight excluding hydrogens is 464 g/mol. The van der Waals surface area contributed by atoms with Crippen molar-refractivity contribution < 1.29 is 24.0 Å². The number of aldehydes is 1. The van der Waals surface area contributed by atoms with Crippen LogP contribution in [0, 0.1) is 15.5 Å². The minimum absolute atomic E-state index is 0.00182. The Morgan fingerprint density at radius 2 is 1.72 bits per heavy atom. The van der Waals surface area contributed by atoms with Gasteiger partial charge in [-0.3, -0.25) is 19.9 Å². The molecule has 190 valence electrons. The molecule has 10 nitrogen and oxygen atoms in total. The largest absolute Gasteiger partial charge is 0.493 e. The molecule has 2 aromatic carbocycles. The van der Waals surface area contributed by atoms with Crippen LogP contribution in [0.1, 0.15) is 42.6 Å². The van der Waals surface area contributed by atoms with Crippen molar-refractivity contribution in [2.45, 2.75) is 38.8 Å². The molecule has 1 amide bonds. The van der Waals surface area contributed by atoms with Crippen LogP contribution in [0.3, 0.4) is 0 Å². The average Bonchev–Trinajstić information content (AvgIpc) is 3.17. The number of non-ortho nitro benzene ring substituents is 1. The number of nitrogens with zero attached hydrogens (tertiary/aromatic N) is 4. The molecule has 2 aliphatic heterocycles. The summed E-state index contributed by atoms with van der Waals surface area (Å²) in [5.41, 5.74) is 1.49. The molecule has 0 bridgehead atoms. The highest BCUT2D eigenvalue weighted by Gasteiger charge is 2.47. The van der Waals surface area contributed by atoms with E-state index in [1.807, 2.05) is 37.1 Å². The van der Waals surface area contributed by atoms with Crippen molar-refractivity contribution in [3.8, 4) is 11.5 Å². The maximum absolute atomic E-state index is 12.9. The molecular formula is C26H30N4O6. The van der Waals surface area contributed by atoms with Crippen LogP contribution in [0.5, 0.6) is 11.5 Å². The maximum atomic E-state index is 12.9. The summed E-state index contributed by atoms with van der Waals surface area (Å²) in [6.07, 6.45) is 2.26. The van der Waals surface area contributed by atoms with Gasteiger partial charge in [-0.1, -0.05) is 13.8 Å². The summed E-state index contributed by atoms with van der Waals surface area (Å²) in [4.78, 5) is 37.3. The highest BCUT2D eigenvalue weighted by molar-refractivity contribution is 6.07. The standard InChI is InChI=1S/C26H30N4O6/c1-26(2)23(16-31)29(27-24(26)18-7-10-21(35-3)22(15-18)36-4)19-11-13-28(14-12-19)25(32)17-5-8-20(9-6-17)30(33)34/h5-10,15-16,19,23H,11-14H2,1-4H3. The molecule has 0 N–H and O–H groups in total. The molecule has 0 aliphatic carbocycles. The van der Waals surface area contributed by atoms with Crippen LogP contribution in [0.25, 0.3) is 0 Å². The van der Waals surface area contributed by atoms with E-state index < -0.39 is 16.4 Å². The maximum Gasteiger partial charge on any atom is 0.269 e. The zero-order chi connectivity index (χ0) is 26.0. The van der Waals surface area contributed by atoms with E-state index in [2.05, 4.69) is 0 Å². The van der Waals surface area contributed by atoms with Gasteiger partial charge in [0.25, 0.3) is 11.6 Å². The molecule has 2 aromatic rings. The van der Waals surface area contributed by atoms with Crippen molar-refractivity contribution in [3.05, 3.63) is 63.7 Å². The van der Waals surface area contributed by atoms with E-state index in [1.54, 1.807) is 19.1 Å². The first kappa shape index (κ1) is 25.2. The van der Waals surface area contributed by atoms with E-state index in [9.17, 15) is 19.7 Å². The third-order valence-corrected chi connectivity index (χ3v) is 7.09. The van der Waals surface area contributed by atoms with Gasteiger partial charge in [0.1, 0.15) is 12.3 Å². The summed E-state index contributed by atoms with van der Waals surface area (Å²) in [6.45, 7) is 5.03. The van der Waals surface area contributed by atoms with Gasteiger partial charge in [-0.2, -0.15) is 5.10 Å². The number of likely N-dealkylation sites (tertiary alicyclic amines) is 1. The number of hydrazone groups is 1. The quantitative estimate of drug-likeness (QED) is 0.329. The van der Waals surface area contributed by atoms with Crippen molar-refractivity contribution in [1.82, 2.24) is 9.91 Å². The topological polar surface area (TPSA) is 115 Å². The van der Waals surface area contributed by atoms with Crippen LogP contribution in [0.4, 0.5) is 5.69 Å². The van der Waals surface area contributed by atoms with Gasteiger partial charge in [-0.25, -0.2) is 0 Å². The SMILES string of the molecule is COc1ccc(C2=NN(C3CCN(C(=O)c4ccc([N+](=O)[O-])cc4)CC3)C(C=O)C2(C)C)cc1OC. The smallest absolute Gasteiger partial charge is 0.269 e. The van der Waals surface area contributed by atoms with E-state index in [-0.39, 0.29) is 17.6 Å². The minimum atomic E-state index is -0.535. The molecule has 2 heterocycles.